The first-order valence-corrected chi connectivity index (χ1v) is 5.59. The van der Waals surface area contributed by atoms with E-state index in [0.717, 1.165) is 6.26 Å². The predicted molar refractivity (Wildman–Crippen MR) is 43.1 cm³/mol. The molecule has 1 rings (SSSR count). The van der Waals surface area contributed by atoms with Gasteiger partial charge >= 0.3 is 0 Å². The highest BCUT2D eigenvalue weighted by Gasteiger charge is 2.36. The van der Waals surface area contributed by atoms with Crippen molar-refractivity contribution in [2.45, 2.75) is 13.3 Å². The van der Waals surface area contributed by atoms with Crippen molar-refractivity contribution in [1.29, 1.82) is 0 Å². The lowest BCUT2D eigenvalue weighted by Crippen LogP contribution is -2.38. The van der Waals surface area contributed by atoms with Gasteiger partial charge < -0.3 is 0 Å². The van der Waals surface area contributed by atoms with E-state index in [4.69, 9.17) is 0 Å². The molecule has 1 fully saturated rings. The Morgan fingerprint density at radius 3 is 2.50 bits per heavy atom. The van der Waals surface area contributed by atoms with Crippen molar-refractivity contribution < 1.29 is 17.4 Å². The van der Waals surface area contributed by atoms with Crippen molar-refractivity contribution in [2.75, 3.05) is 12.9 Å². The molecule has 0 aromatic heterocycles. The number of rotatable bonds is 3. The van der Waals surface area contributed by atoms with Crippen LogP contribution in [0.1, 0.15) is 13.3 Å². The zero-order chi connectivity index (χ0) is 9.35. The van der Waals surface area contributed by atoms with E-state index in [1.807, 2.05) is 6.92 Å². The van der Waals surface area contributed by atoms with Crippen LogP contribution in [0.15, 0.2) is 0 Å². The van der Waals surface area contributed by atoms with E-state index in [2.05, 4.69) is 4.18 Å². The smallest absolute Gasteiger partial charge is 0.264 e. The van der Waals surface area contributed by atoms with E-state index in [1.54, 1.807) is 0 Å². The molecule has 0 saturated heterocycles. The van der Waals surface area contributed by atoms with Gasteiger partial charge in [0.2, 0.25) is 0 Å². The number of ketones is 1. The summed E-state index contributed by atoms with van der Waals surface area (Å²) in [6.07, 6.45) is 1.54. The molecule has 1 aliphatic carbocycles. The molecule has 70 valence electrons. The van der Waals surface area contributed by atoms with Crippen LogP contribution < -0.4 is 0 Å². The zero-order valence-electron chi connectivity index (χ0n) is 7.11. The Morgan fingerprint density at radius 2 is 2.17 bits per heavy atom. The fraction of sp³-hybridized carbons (Fsp3) is 0.857. The molecule has 2 atom stereocenters. The fourth-order valence-electron chi connectivity index (χ4n) is 1.22. The Kier molecular flexibility index (Phi) is 2.53. The van der Waals surface area contributed by atoms with Crippen molar-refractivity contribution in [2.24, 2.45) is 11.8 Å². The minimum Gasteiger partial charge on any atom is -0.299 e. The second kappa shape index (κ2) is 3.14. The minimum absolute atomic E-state index is 0.0127. The van der Waals surface area contributed by atoms with E-state index in [-0.39, 0.29) is 24.2 Å². The molecule has 0 bridgehead atoms. The van der Waals surface area contributed by atoms with Crippen molar-refractivity contribution in [3.8, 4) is 0 Å². The lowest BCUT2D eigenvalue weighted by Gasteiger charge is -2.31. The van der Waals surface area contributed by atoms with Crippen LogP contribution in [0.25, 0.3) is 0 Å². The molecule has 0 aromatic carbocycles. The molecule has 0 unspecified atom stereocenters. The highest BCUT2D eigenvalue weighted by Crippen LogP contribution is 2.30. The van der Waals surface area contributed by atoms with Gasteiger partial charge in [-0.25, -0.2) is 0 Å². The largest absolute Gasteiger partial charge is 0.299 e. The highest BCUT2D eigenvalue weighted by molar-refractivity contribution is 7.85. The number of hydrogen-bond donors (Lipinski definition) is 0. The number of carbonyl (C=O) groups is 1. The summed E-state index contributed by atoms with van der Waals surface area (Å²) in [5, 5.41) is 0. The monoisotopic (exact) mass is 192 g/mol. The van der Waals surface area contributed by atoms with Gasteiger partial charge in [0.1, 0.15) is 5.78 Å². The third-order valence-electron chi connectivity index (χ3n) is 2.09. The first kappa shape index (κ1) is 9.67. The topological polar surface area (TPSA) is 60.4 Å². The first-order valence-electron chi connectivity index (χ1n) is 3.77. The lowest BCUT2D eigenvalue weighted by molar-refractivity contribution is -0.134. The van der Waals surface area contributed by atoms with Gasteiger partial charge in [0.15, 0.2) is 0 Å². The predicted octanol–water partition coefficient (Wildman–Crippen LogP) is 0.188. The van der Waals surface area contributed by atoms with Crippen LogP contribution in [-0.2, 0) is 19.1 Å². The van der Waals surface area contributed by atoms with Crippen molar-refractivity contribution in [3.63, 3.8) is 0 Å². The molecule has 12 heavy (non-hydrogen) atoms. The van der Waals surface area contributed by atoms with Gasteiger partial charge in [-0.05, 0) is 5.92 Å². The van der Waals surface area contributed by atoms with Gasteiger partial charge in [0, 0.05) is 12.3 Å². The van der Waals surface area contributed by atoms with Crippen LogP contribution in [0.3, 0.4) is 0 Å². The van der Waals surface area contributed by atoms with E-state index < -0.39 is 10.1 Å². The summed E-state index contributed by atoms with van der Waals surface area (Å²) < 4.78 is 25.6. The first-order chi connectivity index (χ1) is 5.40. The second-order valence-electron chi connectivity index (χ2n) is 3.24. The molecule has 4 nitrogen and oxygen atoms in total. The number of Topliss-reactive ketones (excluding diaryl/α,β-unsaturated/α-hetero) is 1. The summed E-state index contributed by atoms with van der Waals surface area (Å²) in [5.74, 6) is 0.158. The van der Waals surface area contributed by atoms with Crippen LogP contribution >= 0.6 is 0 Å². The molecule has 0 aliphatic heterocycles. The molecule has 0 spiro atoms. The van der Waals surface area contributed by atoms with Gasteiger partial charge in [0.05, 0.1) is 12.9 Å². The summed E-state index contributed by atoms with van der Waals surface area (Å²) >= 11 is 0. The van der Waals surface area contributed by atoms with Gasteiger partial charge in [-0.15, -0.1) is 0 Å². The van der Waals surface area contributed by atoms with E-state index in [1.165, 1.54) is 0 Å². The quantitative estimate of drug-likeness (QED) is 0.599. The van der Waals surface area contributed by atoms with Crippen LogP contribution in [0.5, 0.6) is 0 Å². The normalized spacial score (nSPS) is 30.0. The molecule has 5 heteroatoms. The maximum Gasteiger partial charge on any atom is 0.264 e. The van der Waals surface area contributed by atoms with Gasteiger partial charge in [-0.3, -0.25) is 8.98 Å². The summed E-state index contributed by atoms with van der Waals surface area (Å²) in [6.45, 7) is 1.93. The molecule has 0 N–H and O–H groups in total. The Balaban J connectivity index is 2.38. The summed E-state index contributed by atoms with van der Waals surface area (Å²) in [5.41, 5.74) is 0. The van der Waals surface area contributed by atoms with Gasteiger partial charge in [-0.2, -0.15) is 8.42 Å². The third kappa shape index (κ3) is 2.28. The second-order valence-corrected chi connectivity index (χ2v) is 4.89. The van der Waals surface area contributed by atoms with Crippen LogP contribution in [0.2, 0.25) is 0 Å². The Bertz CT molecular complexity index is 280. The SMILES string of the molecule is C[C@@H]1CC(=O)[C@H]1COS(C)(=O)=O. The van der Waals surface area contributed by atoms with Crippen molar-refractivity contribution in [1.82, 2.24) is 0 Å². The van der Waals surface area contributed by atoms with E-state index in [0.29, 0.717) is 6.42 Å². The molecule has 0 aromatic rings. The molecule has 0 radical (unpaired) electrons. The van der Waals surface area contributed by atoms with Crippen LogP contribution in [0.4, 0.5) is 0 Å². The van der Waals surface area contributed by atoms with Gasteiger partial charge in [0.25, 0.3) is 10.1 Å². The Morgan fingerprint density at radius 1 is 1.58 bits per heavy atom. The summed E-state index contributed by atoms with van der Waals surface area (Å²) in [7, 11) is -3.39. The maximum absolute atomic E-state index is 10.9. The Labute approximate surface area is 72.0 Å². The van der Waals surface area contributed by atoms with Crippen molar-refractivity contribution >= 4 is 15.9 Å². The molecular weight excluding hydrogens is 180 g/mol. The highest BCUT2D eigenvalue weighted by atomic mass is 32.2. The standard InChI is InChI=1S/C7H12O4S/c1-5-3-7(8)6(5)4-11-12(2,9)10/h5-6H,3-4H2,1-2H3/t5-,6+/m1/s1. The maximum atomic E-state index is 10.9. The molecular formula is C7H12O4S. The minimum atomic E-state index is -3.39. The van der Waals surface area contributed by atoms with Crippen LogP contribution in [-0.4, -0.2) is 27.1 Å². The molecule has 0 amide bonds. The van der Waals surface area contributed by atoms with E-state index in [9.17, 15) is 13.2 Å². The molecule has 1 aliphatic rings. The van der Waals surface area contributed by atoms with Crippen molar-refractivity contribution in [3.05, 3.63) is 0 Å². The average molecular weight is 192 g/mol. The number of hydrogen-bond acceptors (Lipinski definition) is 4. The zero-order valence-corrected chi connectivity index (χ0v) is 7.93. The Hall–Kier alpha value is -0.420. The summed E-state index contributed by atoms with van der Waals surface area (Å²) in [6, 6.07) is 0. The molecule has 0 heterocycles. The number of carbonyl (C=O) groups excluding carboxylic acids is 1. The molecule has 1 saturated carbocycles. The van der Waals surface area contributed by atoms with Gasteiger partial charge in [-0.1, -0.05) is 6.92 Å². The average Bonchev–Trinajstić information content (AvgIpc) is 1.84. The van der Waals surface area contributed by atoms with E-state index >= 15 is 0 Å². The summed E-state index contributed by atoms with van der Waals surface area (Å²) in [4.78, 5) is 10.9. The fourth-order valence-corrected chi connectivity index (χ4v) is 1.62. The van der Waals surface area contributed by atoms with Crippen LogP contribution in [0, 0.1) is 11.8 Å². The third-order valence-corrected chi connectivity index (χ3v) is 2.65. The lowest BCUT2D eigenvalue weighted by atomic mass is 9.74.